The molecule has 0 radical (unpaired) electrons. The van der Waals surface area contributed by atoms with Gasteiger partial charge < -0.3 is 4.90 Å². The maximum Gasteiger partial charge on any atom is 0.246 e. The monoisotopic (exact) mass is 464 g/mol. The van der Waals surface area contributed by atoms with E-state index >= 15 is 0 Å². The first kappa shape index (κ1) is 23.1. The van der Waals surface area contributed by atoms with Crippen molar-refractivity contribution in [2.24, 2.45) is 5.92 Å². The van der Waals surface area contributed by atoms with Gasteiger partial charge in [-0.2, -0.15) is 0 Å². The van der Waals surface area contributed by atoms with Gasteiger partial charge in [0.15, 0.2) is 0 Å². The number of imidazole rings is 1. The van der Waals surface area contributed by atoms with Crippen LogP contribution in [0.2, 0.25) is 5.02 Å². The number of hydrogen-bond acceptors (Lipinski definition) is 3. The zero-order chi connectivity index (χ0) is 23.4. The summed E-state index contributed by atoms with van der Waals surface area (Å²) in [7, 11) is 0. The summed E-state index contributed by atoms with van der Waals surface area (Å²) in [5.41, 5.74) is 2.46. The molecule has 0 atom stereocenters. The molecule has 33 heavy (non-hydrogen) atoms. The molecule has 7 heteroatoms. The minimum absolute atomic E-state index is 0.00389. The van der Waals surface area contributed by atoms with E-state index in [1.807, 2.05) is 73.1 Å². The molecular weight excluding hydrogens is 436 g/mol. The molecule has 1 heterocycles. The zero-order valence-corrected chi connectivity index (χ0v) is 19.8. The third-order valence-electron chi connectivity index (χ3n) is 6.04. The van der Waals surface area contributed by atoms with E-state index in [1.54, 1.807) is 11.0 Å². The molecule has 2 amide bonds. The van der Waals surface area contributed by atoms with Crippen LogP contribution < -0.4 is 5.32 Å². The number of nitrogens with zero attached hydrogens (tertiary/aromatic N) is 3. The SMILES string of the molecule is CC(C)N(CC(=O)Nc1nc(-c2ccccc2)cn1-c1cccc(Cl)c1)C(=O)C1CCCC1. The molecule has 1 N–H and O–H groups in total. The summed E-state index contributed by atoms with van der Waals surface area (Å²) in [6.07, 6.45) is 5.84. The average molecular weight is 465 g/mol. The minimum Gasteiger partial charge on any atom is -0.331 e. The quantitative estimate of drug-likeness (QED) is 0.497. The summed E-state index contributed by atoms with van der Waals surface area (Å²) in [5, 5.41) is 3.52. The average Bonchev–Trinajstić information content (AvgIpc) is 3.48. The highest BCUT2D eigenvalue weighted by molar-refractivity contribution is 6.30. The fraction of sp³-hybridized carbons (Fsp3) is 0.346. The number of anilines is 1. The van der Waals surface area contributed by atoms with E-state index in [2.05, 4.69) is 10.3 Å². The molecule has 2 aromatic carbocycles. The molecule has 172 valence electrons. The Labute approximate surface area is 199 Å². The summed E-state index contributed by atoms with van der Waals surface area (Å²) in [6, 6.07) is 17.1. The number of aromatic nitrogens is 2. The van der Waals surface area contributed by atoms with E-state index in [-0.39, 0.29) is 30.3 Å². The van der Waals surface area contributed by atoms with E-state index in [4.69, 9.17) is 11.6 Å². The topological polar surface area (TPSA) is 67.2 Å². The van der Waals surface area contributed by atoms with Gasteiger partial charge in [-0.15, -0.1) is 0 Å². The molecule has 6 nitrogen and oxygen atoms in total. The molecule has 3 aromatic rings. The molecule has 1 fully saturated rings. The Balaban J connectivity index is 1.59. The van der Waals surface area contributed by atoms with Crippen molar-refractivity contribution in [2.75, 3.05) is 11.9 Å². The molecule has 1 aromatic heterocycles. The second kappa shape index (κ2) is 10.2. The van der Waals surface area contributed by atoms with Gasteiger partial charge in [0.1, 0.15) is 6.54 Å². The Morgan fingerprint density at radius 3 is 2.52 bits per heavy atom. The van der Waals surface area contributed by atoms with Gasteiger partial charge in [-0.1, -0.05) is 60.8 Å². The van der Waals surface area contributed by atoms with Gasteiger partial charge in [0.05, 0.1) is 5.69 Å². The van der Waals surface area contributed by atoms with Gasteiger partial charge >= 0.3 is 0 Å². The Kier molecular flexibility index (Phi) is 7.14. The normalized spacial score (nSPS) is 13.9. The number of carbonyl (C=O) groups excluding carboxylic acids is 2. The van der Waals surface area contributed by atoms with Gasteiger partial charge in [0.2, 0.25) is 17.8 Å². The van der Waals surface area contributed by atoms with Crippen molar-refractivity contribution in [3.05, 3.63) is 65.8 Å². The number of halogens is 1. The lowest BCUT2D eigenvalue weighted by Crippen LogP contribution is -2.45. The summed E-state index contributed by atoms with van der Waals surface area (Å²) in [5.74, 6) is 0.209. The van der Waals surface area contributed by atoms with E-state index in [0.717, 1.165) is 42.6 Å². The summed E-state index contributed by atoms with van der Waals surface area (Å²) >= 11 is 6.21. The molecule has 1 aliphatic rings. The molecular formula is C26H29ClN4O2. The largest absolute Gasteiger partial charge is 0.331 e. The Hall–Kier alpha value is -3.12. The van der Waals surface area contributed by atoms with Gasteiger partial charge in [0, 0.05) is 34.4 Å². The third kappa shape index (κ3) is 5.45. The smallest absolute Gasteiger partial charge is 0.246 e. The van der Waals surface area contributed by atoms with Crippen molar-refractivity contribution in [1.82, 2.24) is 14.5 Å². The number of carbonyl (C=O) groups is 2. The first-order valence-electron chi connectivity index (χ1n) is 11.4. The van der Waals surface area contributed by atoms with Crippen LogP contribution in [0.3, 0.4) is 0 Å². The predicted molar refractivity (Wildman–Crippen MR) is 131 cm³/mol. The van der Waals surface area contributed by atoms with E-state index in [0.29, 0.717) is 11.0 Å². The van der Waals surface area contributed by atoms with Crippen LogP contribution in [0.15, 0.2) is 60.8 Å². The van der Waals surface area contributed by atoms with Gasteiger partial charge in [-0.3, -0.25) is 19.5 Å². The zero-order valence-electron chi connectivity index (χ0n) is 19.0. The second-order valence-corrected chi connectivity index (χ2v) is 9.19. The van der Waals surface area contributed by atoms with Crippen molar-refractivity contribution in [1.29, 1.82) is 0 Å². The molecule has 1 aliphatic carbocycles. The highest BCUT2D eigenvalue weighted by Gasteiger charge is 2.30. The lowest BCUT2D eigenvalue weighted by Gasteiger charge is -2.28. The van der Waals surface area contributed by atoms with Gasteiger partial charge in [-0.05, 0) is 44.9 Å². The number of hydrogen-bond donors (Lipinski definition) is 1. The maximum absolute atomic E-state index is 13.1. The molecule has 0 saturated heterocycles. The molecule has 0 spiro atoms. The molecule has 1 saturated carbocycles. The second-order valence-electron chi connectivity index (χ2n) is 8.76. The maximum atomic E-state index is 13.1. The minimum atomic E-state index is -0.275. The van der Waals surface area contributed by atoms with Crippen molar-refractivity contribution in [3.8, 4) is 16.9 Å². The first-order chi connectivity index (χ1) is 15.9. The highest BCUT2D eigenvalue weighted by Crippen LogP contribution is 2.28. The Bertz CT molecular complexity index is 1120. The van der Waals surface area contributed by atoms with Crippen molar-refractivity contribution >= 4 is 29.4 Å². The third-order valence-corrected chi connectivity index (χ3v) is 6.27. The lowest BCUT2D eigenvalue weighted by molar-refractivity contribution is -0.140. The number of nitrogens with one attached hydrogen (secondary N) is 1. The molecule has 0 bridgehead atoms. The summed E-state index contributed by atoms with van der Waals surface area (Å²) in [4.78, 5) is 32.4. The van der Waals surface area contributed by atoms with E-state index in [9.17, 15) is 9.59 Å². The van der Waals surface area contributed by atoms with Crippen molar-refractivity contribution < 1.29 is 9.59 Å². The number of benzene rings is 2. The van der Waals surface area contributed by atoms with Crippen LogP contribution in [0.25, 0.3) is 16.9 Å². The van der Waals surface area contributed by atoms with Crippen LogP contribution in [-0.4, -0.2) is 38.9 Å². The number of amides is 2. The van der Waals surface area contributed by atoms with Crippen molar-refractivity contribution in [3.63, 3.8) is 0 Å². The van der Waals surface area contributed by atoms with Crippen LogP contribution >= 0.6 is 11.6 Å². The predicted octanol–water partition coefficient (Wildman–Crippen LogP) is 5.56. The summed E-state index contributed by atoms with van der Waals surface area (Å²) < 4.78 is 1.81. The fourth-order valence-corrected chi connectivity index (χ4v) is 4.46. The van der Waals surface area contributed by atoms with Gasteiger partial charge in [-0.25, -0.2) is 4.98 Å². The Morgan fingerprint density at radius 2 is 1.85 bits per heavy atom. The van der Waals surface area contributed by atoms with E-state index in [1.165, 1.54) is 0 Å². The molecule has 0 unspecified atom stereocenters. The van der Waals surface area contributed by atoms with Crippen LogP contribution in [0.4, 0.5) is 5.95 Å². The summed E-state index contributed by atoms with van der Waals surface area (Å²) in [6.45, 7) is 3.89. The van der Waals surface area contributed by atoms with Crippen LogP contribution in [0.5, 0.6) is 0 Å². The first-order valence-corrected chi connectivity index (χ1v) is 11.8. The Morgan fingerprint density at radius 1 is 1.12 bits per heavy atom. The highest BCUT2D eigenvalue weighted by atomic mass is 35.5. The molecule has 4 rings (SSSR count). The van der Waals surface area contributed by atoms with Crippen LogP contribution in [0.1, 0.15) is 39.5 Å². The van der Waals surface area contributed by atoms with E-state index < -0.39 is 0 Å². The van der Waals surface area contributed by atoms with Gasteiger partial charge in [0.25, 0.3) is 0 Å². The fourth-order valence-electron chi connectivity index (χ4n) is 4.28. The number of rotatable bonds is 7. The van der Waals surface area contributed by atoms with Crippen molar-refractivity contribution in [2.45, 2.75) is 45.6 Å². The van der Waals surface area contributed by atoms with Crippen LogP contribution in [-0.2, 0) is 9.59 Å². The molecule has 0 aliphatic heterocycles. The standard InChI is InChI=1S/C26H29ClN4O2/c1-18(2)30(25(33)20-11-6-7-12-20)17-24(32)29-26-28-23(19-9-4-3-5-10-19)16-31(26)22-14-8-13-21(27)15-22/h3-5,8-10,13-16,18,20H,6-7,11-12,17H2,1-2H3,(H,28,29,32). The van der Waals surface area contributed by atoms with Crippen LogP contribution in [0, 0.1) is 5.92 Å². The lowest BCUT2D eigenvalue weighted by atomic mass is 10.1.